The average molecular weight is 335 g/mol. The highest BCUT2D eigenvalue weighted by molar-refractivity contribution is 7.10. The molecule has 1 amide bonds. The monoisotopic (exact) mass is 335 g/mol. The van der Waals surface area contributed by atoms with Gasteiger partial charge in [0.25, 0.3) is 0 Å². The van der Waals surface area contributed by atoms with Crippen LogP contribution < -0.4 is 4.74 Å². The molecule has 0 aliphatic heterocycles. The third-order valence-corrected chi connectivity index (χ3v) is 4.06. The third kappa shape index (κ3) is 5.30. The van der Waals surface area contributed by atoms with E-state index in [1.165, 1.54) is 18.4 Å². The quantitative estimate of drug-likeness (QED) is 0.638. The number of ether oxygens (including phenoxy) is 2. The maximum Gasteiger partial charge on any atom is 0.514 e. The van der Waals surface area contributed by atoms with Crippen molar-refractivity contribution in [1.29, 1.82) is 0 Å². The summed E-state index contributed by atoms with van der Waals surface area (Å²) in [7, 11) is 1.47. The first-order valence-electron chi connectivity index (χ1n) is 6.97. The molecule has 2 rings (SSSR count). The van der Waals surface area contributed by atoms with Crippen molar-refractivity contribution < 1.29 is 24.2 Å². The van der Waals surface area contributed by atoms with Crippen molar-refractivity contribution in [2.45, 2.75) is 12.5 Å². The van der Waals surface area contributed by atoms with E-state index in [0.717, 1.165) is 9.78 Å². The summed E-state index contributed by atoms with van der Waals surface area (Å²) in [5, 5.41) is 10.8. The Kier molecular flexibility index (Phi) is 5.99. The highest BCUT2D eigenvalue weighted by Crippen LogP contribution is 2.26. The van der Waals surface area contributed by atoms with Crippen LogP contribution in [0.4, 0.5) is 9.59 Å². The zero-order valence-corrected chi connectivity index (χ0v) is 13.4. The molecule has 0 saturated heterocycles. The van der Waals surface area contributed by atoms with Crippen LogP contribution in [0.25, 0.3) is 0 Å². The van der Waals surface area contributed by atoms with Gasteiger partial charge in [-0.05, 0) is 23.6 Å². The summed E-state index contributed by atoms with van der Waals surface area (Å²) in [4.78, 5) is 24.8. The van der Waals surface area contributed by atoms with Crippen LogP contribution in [0.1, 0.15) is 17.4 Å². The van der Waals surface area contributed by atoms with Crippen LogP contribution >= 0.6 is 11.3 Å². The molecular weight excluding hydrogens is 318 g/mol. The van der Waals surface area contributed by atoms with Gasteiger partial charge in [0.2, 0.25) is 0 Å². The van der Waals surface area contributed by atoms with Crippen LogP contribution in [0.5, 0.6) is 5.75 Å². The van der Waals surface area contributed by atoms with E-state index >= 15 is 0 Å². The lowest BCUT2D eigenvalue weighted by molar-refractivity contribution is 0.0517. The van der Waals surface area contributed by atoms with Crippen molar-refractivity contribution in [3.05, 3.63) is 52.7 Å². The maximum atomic E-state index is 11.9. The van der Waals surface area contributed by atoms with Crippen LogP contribution in [0.3, 0.4) is 0 Å². The van der Waals surface area contributed by atoms with Crippen LogP contribution in [0, 0.1) is 0 Å². The molecule has 1 aromatic heterocycles. The second kappa shape index (κ2) is 8.19. The van der Waals surface area contributed by atoms with Gasteiger partial charge in [-0.3, -0.25) is 0 Å². The van der Waals surface area contributed by atoms with Crippen LogP contribution in [-0.2, 0) is 4.74 Å². The predicted octanol–water partition coefficient (Wildman–Crippen LogP) is 4.00. The molecule has 0 aliphatic carbocycles. The first-order chi connectivity index (χ1) is 11.1. The molecule has 0 aliphatic rings. The third-order valence-electron chi connectivity index (χ3n) is 3.10. The minimum absolute atomic E-state index is 0.247. The minimum atomic E-state index is -1.03. The molecule has 23 heavy (non-hydrogen) atoms. The summed E-state index contributed by atoms with van der Waals surface area (Å²) < 4.78 is 10.5. The van der Waals surface area contributed by atoms with E-state index in [2.05, 4.69) is 0 Å². The molecule has 6 nitrogen and oxygen atoms in total. The topological polar surface area (TPSA) is 76.1 Å². The number of rotatable bonds is 6. The Morgan fingerprint density at radius 2 is 1.96 bits per heavy atom. The summed E-state index contributed by atoms with van der Waals surface area (Å²) in [6, 6.07) is 12.3. The van der Waals surface area contributed by atoms with E-state index < -0.39 is 18.4 Å². The van der Waals surface area contributed by atoms with E-state index in [4.69, 9.17) is 14.6 Å². The largest absolute Gasteiger partial charge is 0.514 e. The van der Waals surface area contributed by atoms with Gasteiger partial charge in [0.15, 0.2) is 0 Å². The fraction of sp³-hybridized carbons (Fsp3) is 0.250. The molecule has 1 N–H and O–H groups in total. The number of carboxylic acid groups (broad SMARTS) is 1. The van der Waals surface area contributed by atoms with Gasteiger partial charge in [0.05, 0.1) is 0 Å². The van der Waals surface area contributed by atoms with E-state index in [0.29, 0.717) is 12.2 Å². The van der Waals surface area contributed by atoms with E-state index in [1.54, 1.807) is 24.3 Å². The first-order valence-corrected chi connectivity index (χ1v) is 7.85. The van der Waals surface area contributed by atoms with Crippen LogP contribution in [-0.4, -0.2) is 35.8 Å². The number of nitrogens with zero attached hydrogens (tertiary/aromatic N) is 1. The van der Waals surface area contributed by atoms with Crippen molar-refractivity contribution in [2.24, 2.45) is 0 Å². The lowest BCUT2D eigenvalue weighted by Gasteiger charge is -2.19. The van der Waals surface area contributed by atoms with E-state index in [9.17, 15) is 9.59 Å². The Morgan fingerprint density at radius 1 is 1.22 bits per heavy atom. The number of hydrogen-bond donors (Lipinski definition) is 1. The van der Waals surface area contributed by atoms with Gasteiger partial charge in [-0.2, -0.15) is 0 Å². The Hall–Kier alpha value is -2.54. The van der Waals surface area contributed by atoms with E-state index in [1.807, 2.05) is 23.6 Å². The highest BCUT2D eigenvalue weighted by atomic mass is 32.1. The molecule has 1 atom stereocenters. The molecule has 0 radical (unpaired) electrons. The number of carbonyl (C=O) groups is 2. The number of para-hydroxylation sites is 1. The first kappa shape index (κ1) is 16.8. The molecule has 0 unspecified atom stereocenters. The van der Waals surface area contributed by atoms with Gasteiger partial charge >= 0.3 is 12.2 Å². The predicted molar refractivity (Wildman–Crippen MR) is 85.9 cm³/mol. The lowest BCUT2D eigenvalue weighted by atomic mass is 10.2. The molecule has 0 saturated carbocycles. The average Bonchev–Trinajstić information content (AvgIpc) is 3.06. The number of carbonyl (C=O) groups excluding carboxylic acids is 1. The summed E-state index contributed by atoms with van der Waals surface area (Å²) in [5.41, 5.74) is 0. The molecular formula is C16H17NO5S. The molecule has 1 aromatic carbocycles. The molecule has 122 valence electrons. The molecule has 2 aromatic rings. The van der Waals surface area contributed by atoms with Crippen LogP contribution in [0.2, 0.25) is 0 Å². The minimum Gasteiger partial charge on any atom is -0.465 e. The van der Waals surface area contributed by atoms with Gasteiger partial charge in [-0.15, -0.1) is 11.3 Å². The van der Waals surface area contributed by atoms with Gasteiger partial charge in [-0.25, -0.2) is 9.59 Å². The number of hydrogen-bond acceptors (Lipinski definition) is 5. The summed E-state index contributed by atoms with van der Waals surface area (Å²) in [6.45, 7) is 0.247. The Balaban J connectivity index is 1.97. The summed E-state index contributed by atoms with van der Waals surface area (Å²) >= 11 is 1.44. The van der Waals surface area contributed by atoms with Gasteiger partial charge in [0, 0.05) is 24.9 Å². The fourth-order valence-electron chi connectivity index (χ4n) is 1.87. The van der Waals surface area contributed by atoms with Crippen molar-refractivity contribution in [1.82, 2.24) is 4.90 Å². The number of thiophene rings is 1. The number of benzene rings is 1. The summed E-state index contributed by atoms with van der Waals surface area (Å²) in [6.07, 6.45) is -2.03. The fourth-order valence-corrected chi connectivity index (χ4v) is 2.65. The Morgan fingerprint density at radius 3 is 2.57 bits per heavy atom. The number of amides is 1. The van der Waals surface area contributed by atoms with Crippen molar-refractivity contribution in [3.8, 4) is 5.75 Å². The highest BCUT2D eigenvalue weighted by Gasteiger charge is 2.21. The zero-order chi connectivity index (χ0) is 16.7. The van der Waals surface area contributed by atoms with E-state index in [-0.39, 0.29) is 6.54 Å². The van der Waals surface area contributed by atoms with Crippen molar-refractivity contribution in [2.75, 3.05) is 13.6 Å². The molecule has 0 bridgehead atoms. The normalized spacial score (nSPS) is 11.5. The maximum absolute atomic E-state index is 11.9. The van der Waals surface area contributed by atoms with Gasteiger partial charge < -0.3 is 19.5 Å². The zero-order valence-electron chi connectivity index (χ0n) is 12.5. The molecule has 0 fully saturated rings. The van der Waals surface area contributed by atoms with Crippen molar-refractivity contribution in [3.63, 3.8) is 0 Å². The second-order valence-electron chi connectivity index (χ2n) is 4.78. The molecule has 7 heteroatoms. The molecule has 1 heterocycles. The molecule has 0 spiro atoms. The summed E-state index contributed by atoms with van der Waals surface area (Å²) in [5.74, 6) is 0.394. The Labute approximate surface area is 137 Å². The SMILES string of the molecule is CN(CC[C@H](OC(=O)Oc1ccccc1)c1cccs1)C(=O)O. The van der Waals surface area contributed by atoms with Gasteiger partial charge in [-0.1, -0.05) is 24.3 Å². The standard InChI is InChI=1S/C16H17NO5S/c1-17(15(18)19)10-9-13(14-8-5-11-23-14)22-16(20)21-12-6-3-2-4-7-12/h2-8,11,13H,9-10H2,1H3,(H,18,19)/t13-/m0/s1. The van der Waals surface area contributed by atoms with Gasteiger partial charge in [0.1, 0.15) is 11.9 Å². The Bertz CT molecular complexity index is 629. The van der Waals surface area contributed by atoms with Crippen LogP contribution in [0.15, 0.2) is 47.8 Å². The van der Waals surface area contributed by atoms with Crippen molar-refractivity contribution >= 4 is 23.6 Å². The lowest BCUT2D eigenvalue weighted by Crippen LogP contribution is -2.27. The second-order valence-corrected chi connectivity index (χ2v) is 5.76. The smallest absolute Gasteiger partial charge is 0.465 e.